The third-order valence-electron chi connectivity index (χ3n) is 4.21. The predicted molar refractivity (Wildman–Crippen MR) is 88.9 cm³/mol. The van der Waals surface area contributed by atoms with Crippen molar-refractivity contribution in [3.63, 3.8) is 0 Å². The predicted octanol–water partition coefficient (Wildman–Crippen LogP) is 4.44. The SMILES string of the molecule is CC(C)(C)[NH][Ti]([CH3])([CH3])[c]1cccc2c1Cc1ccccc1-2. The van der Waals surface area contributed by atoms with Crippen LogP contribution in [0.25, 0.3) is 11.1 Å². The van der Waals surface area contributed by atoms with E-state index in [2.05, 4.69) is 77.5 Å². The molecule has 21 heavy (non-hydrogen) atoms. The number of nitrogens with one attached hydrogen (secondary N) is 1. The van der Waals surface area contributed by atoms with E-state index in [1.807, 2.05) is 0 Å². The fourth-order valence-electron chi connectivity index (χ4n) is 3.75. The number of rotatable bonds is 2. The van der Waals surface area contributed by atoms with Crippen molar-refractivity contribution in [3.05, 3.63) is 53.6 Å². The number of fused-ring (bicyclic) bond motifs is 3. The fraction of sp³-hybridized carbons (Fsp3) is 0.368. The van der Waals surface area contributed by atoms with Gasteiger partial charge in [-0.2, -0.15) is 0 Å². The van der Waals surface area contributed by atoms with Crippen molar-refractivity contribution in [1.29, 1.82) is 0 Å². The summed E-state index contributed by atoms with van der Waals surface area (Å²) in [5, 5.41) is 4.95. The van der Waals surface area contributed by atoms with Gasteiger partial charge in [-0.1, -0.05) is 0 Å². The fourth-order valence-corrected chi connectivity index (χ4v) is 9.21. The Balaban J connectivity index is 2.08. The van der Waals surface area contributed by atoms with Gasteiger partial charge in [0.25, 0.3) is 0 Å². The van der Waals surface area contributed by atoms with Gasteiger partial charge in [-0.25, -0.2) is 0 Å². The minimum absolute atomic E-state index is 0.178. The standard InChI is InChI=1S/C13H9.C4H10N.2CH3.Ti/c1-3-7-12-10(5-1)9-11-6-2-4-8-13(11)12;1-4(2,3)5;;;/h1-5,7-8H,9H2;5H,1-3H3;2*1H3;/q;-1;;;+1. The van der Waals surface area contributed by atoms with Gasteiger partial charge >= 0.3 is 132 Å². The van der Waals surface area contributed by atoms with Gasteiger partial charge in [0.2, 0.25) is 0 Å². The van der Waals surface area contributed by atoms with Crippen LogP contribution in [0.3, 0.4) is 0 Å². The molecule has 110 valence electrons. The molecule has 2 aromatic rings. The van der Waals surface area contributed by atoms with Crippen LogP contribution in [0.2, 0.25) is 10.5 Å². The molecule has 0 bridgehead atoms. The van der Waals surface area contributed by atoms with Crippen molar-refractivity contribution in [3.8, 4) is 11.1 Å². The second kappa shape index (κ2) is 5.09. The van der Waals surface area contributed by atoms with Crippen LogP contribution in [0.4, 0.5) is 0 Å². The third kappa shape index (κ3) is 2.88. The molecule has 0 fully saturated rings. The van der Waals surface area contributed by atoms with E-state index >= 15 is 0 Å². The summed E-state index contributed by atoms with van der Waals surface area (Å²) in [5.41, 5.74) is 6.12. The Hall–Kier alpha value is -0.886. The van der Waals surface area contributed by atoms with E-state index < -0.39 is 16.8 Å². The second-order valence-corrected chi connectivity index (χ2v) is 14.0. The van der Waals surface area contributed by atoms with E-state index in [1.54, 1.807) is 9.43 Å². The van der Waals surface area contributed by atoms with Gasteiger partial charge in [-0.3, -0.25) is 0 Å². The molecule has 0 aliphatic heterocycles. The maximum absolute atomic E-state index is 3.96. The zero-order valence-corrected chi connectivity index (χ0v) is 15.3. The first kappa shape index (κ1) is 15.0. The normalized spacial score (nSPS) is 14.0. The van der Waals surface area contributed by atoms with Crippen LogP contribution in [-0.2, 0) is 23.3 Å². The molecule has 0 saturated carbocycles. The molecule has 0 radical (unpaired) electrons. The number of hydrogen-bond donors (Lipinski definition) is 1. The molecular weight excluding hydrogens is 290 g/mol. The Labute approximate surface area is 132 Å². The summed E-state index contributed by atoms with van der Waals surface area (Å²) < 4.78 is 5.57. The molecule has 2 heteroatoms. The molecule has 0 atom stereocenters. The molecule has 2 aromatic carbocycles. The quantitative estimate of drug-likeness (QED) is 0.690. The summed E-state index contributed by atoms with van der Waals surface area (Å²) in [6.45, 7) is 6.83. The van der Waals surface area contributed by atoms with Crippen LogP contribution >= 0.6 is 0 Å². The van der Waals surface area contributed by atoms with Crippen molar-refractivity contribution in [2.75, 3.05) is 0 Å². The first-order valence-corrected chi connectivity index (χ1v) is 12.5. The van der Waals surface area contributed by atoms with Crippen LogP contribution in [0, 0.1) is 0 Å². The third-order valence-corrected chi connectivity index (χ3v) is 9.19. The molecule has 0 saturated heterocycles. The van der Waals surface area contributed by atoms with Gasteiger partial charge in [-0.05, 0) is 0 Å². The van der Waals surface area contributed by atoms with E-state index in [9.17, 15) is 0 Å². The average Bonchev–Trinajstić information content (AvgIpc) is 2.74. The summed E-state index contributed by atoms with van der Waals surface area (Å²) in [5.74, 6) is 0. The Morgan fingerprint density at radius 2 is 1.57 bits per heavy atom. The Morgan fingerprint density at radius 1 is 0.905 bits per heavy atom. The summed E-state index contributed by atoms with van der Waals surface area (Å²) in [6.07, 6.45) is 1.10. The first-order chi connectivity index (χ1) is 9.78. The number of hydrogen-bond acceptors (Lipinski definition) is 1. The number of benzene rings is 2. The van der Waals surface area contributed by atoms with Crippen LogP contribution in [0.15, 0.2) is 42.5 Å². The van der Waals surface area contributed by atoms with Gasteiger partial charge in [-0.15, -0.1) is 0 Å². The zero-order valence-electron chi connectivity index (χ0n) is 13.7. The topological polar surface area (TPSA) is 12.0 Å². The van der Waals surface area contributed by atoms with E-state index in [4.69, 9.17) is 0 Å². The Morgan fingerprint density at radius 3 is 2.29 bits per heavy atom. The minimum atomic E-state index is -2.23. The van der Waals surface area contributed by atoms with E-state index in [0.29, 0.717) is 0 Å². The monoisotopic (exact) mass is 315 g/mol. The molecule has 0 spiro atoms. The molecule has 3 rings (SSSR count). The van der Waals surface area contributed by atoms with Crippen molar-refractivity contribution in [1.82, 2.24) is 3.80 Å². The van der Waals surface area contributed by atoms with Gasteiger partial charge in [0.15, 0.2) is 0 Å². The van der Waals surface area contributed by atoms with Crippen LogP contribution in [0.5, 0.6) is 0 Å². The molecular formula is C19H25NTi. The van der Waals surface area contributed by atoms with Crippen LogP contribution in [-0.4, -0.2) is 5.54 Å². The van der Waals surface area contributed by atoms with E-state index in [1.165, 1.54) is 16.7 Å². The molecule has 1 aliphatic rings. The van der Waals surface area contributed by atoms with Gasteiger partial charge in [0.1, 0.15) is 0 Å². The maximum atomic E-state index is 3.96. The van der Waals surface area contributed by atoms with E-state index in [0.717, 1.165) is 6.42 Å². The molecule has 0 aromatic heterocycles. The average molecular weight is 315 g/mol. The second-order valence-electron chi connectivity index (χ2n) is 7.67. The van der Waals surface area contributed by atoms with E-state index in [-0.39, 0.29) is 5.54 Å². The summed E-state index contributed by atoms with van der Waals surface area (Å²) >= 11 is -2.23. The summed E-state index contributed by atoms with van der Waals surface area (Å²) in [7, 11) is 0. The molecule has 0 heterocycles. The van der Waals surface area contributed by atoms with Crippen LogP contribution in [0.1, 0.15) is 31.9 Å². The zero-order chi connectivity index (χ0) is 15.3. The van der Waals surface area contributed by atoms with Crippen molar-refractivity contribution >= 4 is 3.87 Å². The van der Waals surface area contributed by atoms with Crippen molar-refractivity contribution in [2.24, 2.45) is 0 Å². The summed E-state index contributed by atoms with van der Waals surface area (Å²) in [4.78, 5) is 0. The first-order valence-electron chi connectivity index (χ1n) is 7.78. The Bertz CT molecular complexity index is 680. The molecule has 1 aliphatic carbocycles. The van der Waals surface area contributed by atoms with Crippen LogP contribution < -0.4 is 7.67 Å². The molecule has 0 unspecified atom stereocenters. The van der Waals surface area contributed by atoms with Gasteiger partial charge in [0, 0.05) is 0 Å². The Kier molecular flexibility index (Phi) is 3.64. The van der Waals surface area contributed by atoms with Crippen molar-refractivity contribution in [2.45, 2.75) is 43.2 Å². The molecule has 0 amide bonds. The molecule has 1 nitrogen and oxygen atoms in total. The summed E-state index contributed by atoms with van der Waals surface area (Å²) in [6, 6.07) is 15.8. The van der Waals surface area contributed by atoms with Crippen molar-refractivity contribution < 1.29 is 16.8 Å². The molecule has 1 N–H and O–H groups in total. The van der Waals surface area contributed by atoms with Gasteiger partial charge in [0.05, 0.1) is 0 Å². The van der Waals surface area contributed by atoms with Gasteiger partial charge < -0.3 is 0 Å².